The molecule has 1 heterocycles. The number of furan rings is 1. The number of nitrogens with one attached hydrogen (secondary N) is 1. The van der Waals surface area contributed by atoms with Gasteiger partial charge < -0.3 is 29.1 Å². The molecular weight excluding hydrogens is 394 g/mol. The number of aliphatic carboxylic acids is 1. The molecule has 0 bridgehead atoms. The molecule has 162 valence electrons. The van der Waals surface area contributed by atoms with Crippen LogP contribution in [0.5, 0.6) is 5.75 Å². The lowest BCUT2D eigenvalue weighted by atomic mass is 10.1. The first kappa shape index (κ1) is 22.8. The maximum absolute atomic E-state index is 11.9. The Morgan fingerprint density at radius 1 is 1.17 bits per heavy atom. The maximum Gasteiger partial charge on any atom is 0.408 e. The van der Waals surface area contributed by atoms with Gasteiger partial charge >= 0.3 is 18.0 Å². The highest BCUT2D eigenvalue weighted by Gasteiger charge is 2.24. The van der Waals surface area contributed by atoms with Crippen molar-refractivity contribution >= 4 is 18.0 Å². The Bertz CT molecular complexity index is 896. The van der Waals surface area contributed by atoms with Gasteiger partial charge in [-0.1, -0.05) is 12.1 Å². The molecule has 2 rings (SSSR count). The summed E-state index contributed by atoms with van der Waals surface area (Å²) in [6.07, 6.45) is -0.763. The normalized spacial score (nSPS) is 12.0. The lowest BCUT2D eigenvalue weighted by Crippen LogP contribution is -2.44. The van der Waals surface area contributed by atoms with Gasteiger partial charge in [0.05, 0.1) is 7.11 Å². The fourth-order valence-corrected chi connectivity index (χ4v) is 2.47. The number of carbonyl (C=O) groups excluding carboxylic acids is 2. The number of carboxylic acids is 1. The van der Waals surface area contributed by atoms with E-state index in [1.54, 1.807) is 51.1 Å². The first-order valence-corrected chi connectivity index (χ1v) is 9.18. The fourth-order valence-electron chi connectivity index (χ4n) is 2.47. The molecule has 1 aromatic heterocycles. The lowest BCUT2D eigenvalue weighted by Gasteiger charge is -2.22. The van der Waals surface area contributed by atoms with E-state index in [0.717, 1.165) is 0 Å². The van der Waals surface area contributed by atoms with E-state index in [1.807, 2.05) is 0 Å². The smallest absolute Gasteiger partial charge is 0.408 e. The van der Waals surface area contributed by atoms with Gasteiger partial charge in [-0.15, -0.1) is 0 Å². The minimum atomic E-state index is -1.18. The molecule has 9 heteroatoms. The Morgan fingerprint density at radius 3 is 2.53 bits per heavy atom. The molecule has 0 fully saturated rings. The van der Waals surface area contributed by atoms with Gasteiger partial charge in [0, 0.05) is 6.42 Å². The molecule has 0 radical (unpaired) electrons. The summed E-state index contributed by atoms with van der Waals surface area (Å²) in [7, 11) is 1.26. The van der Waals surface area contributed by atoms with E-state index < -0.39 is 29.7 Å². The Kier molecular flexibility index (Phi) is 7.46. The molecule has 0 aliphatic heterocycles. The number of rotatable bonds is 8. The van der Waals surface area contributed by atoms with Crippen LogP contribution in [0.4, 0.5) is 4.79 Å². The van der Waals surface area contributed by atoms with E-state index in [2.05, 4.69) is 10.1 Å². The predicted molar refractivity (Wildman–Crippen MR) is 105 cm³/mol. The third-order valence-corrected chi connectivity index (χ3v) is 3.76. The summed E-state index contributed by atoms with van der Waals surface area (Å²) in [5.41, 5.74) is -0.0915. The Labute approximate surface area is 173 Å². The average molecular weight is 419 g/mol. The van der Waals surface area contributed by atoms with Crippen LogP contribution in [0.25, 0.3) is 0 Å². The second-order valence-electron chi connectivity index (χ2n) is 7.43. The maximum atomic E-state index is 11.9. The van der Waals surface area contributed by atoms with Crippen molar-refractivity contribution in [2.24, 2.45) is 0 Å². The number of carbonyl (C=O) groups is 3. The SMILES string of the molecule is COC(=O)c1ccc(COc2cccc(CC(NC(=O)OC(C)(C)C)C(=O)O)c2)o1. The summed E-state index contributed by atoms with van der Waals surface area (Å²) < 4.78 is 20.7. The van der Waals surface area contributed by atoms with Crippen molar-refractivity contribution in [1.29, 1.82) is 0 Å². The molecule has 0 aliphatic carbocycles. The van der Waals surface area contributed by atoms with Gasteiger partial charge in [0.1, 0.15) is 29.8 Å². The third-order valence-electron chi connectivity index (χ3n) is 3.76. The first-order chi connectivity index (χ1) is 14.1. The highest BCUT2D eigenvalue weighted by atomic mass is 16.6. The zero-order valence-corrected chi connectivity index (χ0v) is 17.3. The molecule has 2 N–H and O–H groups in total. The monoisotopic (exact) mass is 419 g/mol. The highest BCUT2D eigenvalue weighted by molar-refractivity contribution is 5.86. The van der Waals surface area contributed by atoms with Crippen molar-refractivity contribution in [2.75, 3.05) is 7.11 Å². The summed E-state index contributed by atoms with van der Waals surface area (Å²) in [4.78, 5) is 34.8. The van der Waals surface area contributed by atoms with Crippen LogP contribution in [-0.2, 0) is 27.3 Å². The molecule has 2 aromatic rings. The van der Waals surface area contributed by atoms with Gasteiger partial charge in [0.25, 0.3) is 0 Å². The summed E-state index contributed by atoms with van der Waals surface area (Å²) in [5, 5.41) is 11.8. The average Bonchev–Trinajstić information content (AvgIpc) is 3.13. The zero-order valence-electron chi connectivity index (χ0n) is 17.3. The van der Waals surface area contributed by atoms with E-state index in [9.17, 15) is 19.5 Å². The van der Waals surface area contributed by atoms with Gasteiger partial charge in [0.15, 0.2) is 0 Å². The largest absolute Gasteiger partial charge is 0.486 e. The Balaban J connectivity index is 1.99. The van der Waals surface area contributed by atoms with Crippen LogP contribution in [0.2, 0.25) is 0 Å². The number of alkyl carbamates (subject to hydrolysis) is 1. The first-order valence-electron chi connectivity index (χ1n) is 9.18. The minimum Gasteiger partial charge on any atom is -0.486 e. The number of esters is 1. The van der Waals surface area contributed by atoms with Crippen molar-refractivity contribution in [3.05, 3.63) is 53.5 Å². The van der Waals surface area contributed by atoms with E-state index in [4.69, 9.17) is 13.9 Å². The van der Waals surface area contributed by atoms with Gasteiger partial charge in [-0.05, 0) is 50.6 Å². The zero-order chi connectivity index (χ0) is 22.3. The van der Waals surface area contributed by atoms with Crippen molar-refractivity contribution in [3.63, 3.8) is 0 Å². The van der Waals surface area contributed by atoms with Gasteiger partial charge in [0.2, 0.25) is 5.76 Å². The molecule has 1 atom stereocenters. The Morgan fingerprint density at radius 2 is 1.90 bits per heavy atom. The molecule has 1 unspecified atom stereocenters. The van der Waals surface area contributed by atoms with Crippen LogP contribution in [-0.4, -0.2) is 41.9 Å². The number of benzene rings is 1. The highest BCUT2D eigenvalue weighted by Crippen LogP contribution is 2.18. The molecule has 1 aromatic carbocycles. The van der Waals surface area contributed by atoms with Crippen LogP contribution >= 0.6 is 0 Å². The number of amides is 1. The molecule has 0 aliphatic rings. The molecule has 9 nitrogen and oxygen atoms in total. The fraction of sp³-hybridized carbons (Fsp3) is 0.381. The van der Waals surface area contributed by atoms with Crippen molar-refractivity contribution in [1.82, 2.24) is 5.32 Å². The van der Waals surface area contributed by atoms with Crippen molar-refractivity contribution in [2.45, 2.75) is 45.4 Å². The second-order valence-corrected chi connectivity index (χ2v) is 7.43. The number of carboxylic acid groups (broad SMARTS) is 1. The van der Waals surface area contributed by atoms with Crippen LogP contribution in [0, 0.1) is 0 Å². The lowest BCUT2D eigenvalue weighted by molar-refractivity contribution is -0.139. The minimum absolute atomic E-state index is 0.0407. The second kappa shape index (κ2) is 9.82. The topological polar surface area (TPSA) is 124 Å². The van der Waals surface area contributed by atoms with Crippen molar-refractivity contribution < 1.29 is 38.1 Å². The van der Waals surface area contributed by atoms with E-state index in [-0.39, 0.29) is 18.8 Å². The van der Waals surface area contributed by atoms with E-state index in [1.165, 1.54) is 13.2 Å². The molecule has 0 spiro atoms. The number of ether oxygens (including phenoxy) is 3. The van der Waals surface area contributed by atoms with E-state index >= 15 is 0 Å². The number of methoxy groups -OCH3 is 1. The molecular formula is C21H25NO8. The summed E-state index contributed by atoms with van der Waals surface area (Å²) in [6, 6.07) is 8.72. The third kappa shape index (κ3) is 7.16. The summed E-state index contributed by atoms with van der Waals surface area (Å²) in [5.74, 6) is -0.790. The van der Waals surface area contributed by atoms with Crippen LogP contribution in [0.1, 0.15) is 42.6 Å². The van der Waals surface area contributed by atoms with Crippen LogP contribution in [0.3, 0.4) is 0 Å². The van der Waals surface area contributed by atoms with E-state index in [0.29, 0.717) is 17.1 Å². The molecule has 1 amide bonds. The van der Waals surface area contributed by atoms with Gasteiger partial charge in [-0.3, -0.25) is 0 Å². The molecule has 30 heavy (non-hydrogen) atoms. The van der Waals surface area contributed by atoms with Crippen molar-refractivity contribution in [3.8, 4) is 5.75 Å². The van der Waals surface area contributed by atoms with Crippen LogP contribution < -0.4 is 10.1 Å². The molecule has 0 saturated heterocycles. The van der Waals surface area contributed by atoms with Gasteiger partial charge in [-0.25, -0.2) is 14.4 Å². The Hall–Kier alpha value is -3.49. The van der Waals surface area contributed by atoms with Gasteiger partial charge in [-0.2, -0.15) is 0 Å². The number of hydrogen-bond acceptors (Lipinski definition) is 7. The summed E-state index contributed by atoms with van der Waals surface area (Å²) in [6.45, 7) is 5.14. The van der Waals surface area contributed by atoms with Crippen LogP contribution in [0.15, 0.2) is 40.8 Å². The summed E-state index contributed by atoms with van der Waals surface area (Å²) >= 11 is 0. The number of hydrogen-bond donors (Lipinski definition) is 2. The molecule has 0 saturated carbocycles. The predicted octanol–water partition coefficient (Wildman–Crippen LogP) is 3.17. The quantitative estimate of drug-likeness (QED) is 0.625. The standard InChI is InChI=1S/C21H25NO8/c1-21(2,3)30-20(26)22-16(18(23)24)11-13-6-5-7-14(10-13)28-12-15-8-9-17(29-15)19(25)27-4/h5-10,16H,11-12H2,1-4H3,(H,22,26)(H,23,24).